The van der Waals surface area contributed by atoms with E-state index in [0.717, 1.165) is 28.9 Å². The van der Waals surface area contributed by atoms with E-state index in [2.05, 4.69) is 16.0 Å². The quantitative estimate of drug-likeness (QED) is 0.707. The number of hydrogen-bond donors (Lipinski definition) is 3. The third-order valence-electron chi connectivity index (χ3n) is 4.47. The van der Waals surface area contributed by atoms with Crippen molar-refractivity contribution in [3.05, 3.63) is 59.2 Å². The summed E-state index contributed by atoms with van der Waals surface area (Å²) in [7, 11) is 0. The molecule has 0 spiro atoms. The number of aryl methyl sites for hydroxylation is 1. The largest absolute Gasteiger partial charge is 0.376 e. The summed E-state index contributed by atoms with van der Waals surface area (Å²) in [5.74, 6) is -0.198. The number of nitrogens with one attached hydrogen (secondary N) is 3. The van der Waals surface area contributed by atoms with Crippen molar-refractivity contribution >= 4 is 23.2 Å². The van der Waals surface area contributed by atoms with Gasteiger partial charge in [0.2, 0.25) is 5.91 Å². The van der Waals surface area contributed by atoms with Gasteiger partial charge < -0.3 is 16.0 Å². The zero-order valence-electron chi connectivity index (χ0n) is 15.8. The molecule has 1 unspecified atom stereocenters. The van der Waals surface area contributed by atoms with Gasteiger partial charge in [-0.15, -0.1) is 0 Å². The van der Waals surface area contributed by atoms with Crippen LogP contribution >= 0.6 is 0 Å². The van der Waals surface area contributed by atoms with Crippen molar-refractivity contribution < 1.29 is 9.59 Å². The van der Waals surface area contributed by atoms with E-state index >= 15 is 0 Å². The molecule has 5 heteroatoms. The molecule has 0 saturated heterocycles. The van der Waals surface area contributed by atoms with Crippen molar-refractivity contribution in [2.45, 2.75) is 40.2 Å². The van der Waals surface area contributed by atoms with Gasteiger partial charge in [-0.05, 0) is 68.7 Å². The topological polar surface area (TPSA) is 70.2 Å². The lowest BCUT2D eigenvalue weighted by Crippen LogP contribution is -2.31. The molecule has 0 saturated carbocycles. The van der Waals surface area contributed by atoms with Crippen LogP contribution in [0.15, 0.2) is 42.5 Å². The SMILES string of the molecule is CCC(C)NC(=O)c1ccc(NCC(=O)Nc2cccc(C)c2C)cc1. The van der Waals surface area contributed by atoms with Crippen LogP contribution in [-0.2, 0) is 4.79 Å². The number of carbonyl (C=O) groups excluding carboxylic acids is 2. The van der Waals surface area contributed by atoms with Crippen LogP contribution < -0.4 is 16.0 Å². The van der Waals surface area contributed by atoms with Crippen molar-refractivity contribution in [2.24, 2.45) is 0 Å². The lowest BCUT2D eigenvalue weighted by molar-refractivity contribution is -0.114. The fourth-order valence-corrected chi connectivity index (χ4v) is 2.41. The Labute approximate surface area is 155 Å². The van der Waals surface area contributed by atoms with Gasteiger partial charge in [-0.25, -0.2) is 0 Å². The fraction of sp³-hybridized carbons (Fsp3) is 0.333. The summed E-state index contributed by atoms with van der Waals surface area (Å²) in [5, 5.41) is 8.92. The molecule has 0 aliphatic carbocycles. The smallest absolute Gasteiger partial charge is 0.251 e. The van der Waals surface area contributed by atoms with Gasteiger partial charge in [0, 0.05) is 23.0 Å². The van der Waals surface area contributed by atoms with Crippen LogP contribution in [0.3, 0.4) is 0 Å². The first-order valence-electron chi connectivity index (χ1n) is 8.91. The normalized spacial score (nSPS) is 11.5. The molecule has 2 aromatic rings. The standard InChI is InChI=1S/C21H27N3O2/c1-5-15(3)23-21(26)17-9-11-18(12-10-17)22-13-20(25)24-19-8-6-7-14(2)16(19)4/h6-12,15,22H,5,13H2,1-4H3,(H,23,26)(H,24,25). The monoisotopic (exact) mass is 353 g/mol. The lowest BCUT2D eigenvalue weighted by Gasteiger charge is -2.13. The Balaban J connectivity index is 1.88. The van der Waals surface area contributed by atoms with Crippen molar-refractivity contribution in [3.63, 3.8) is 0 Å². The fourth-order valence-electron chi connectivity index (χ4n) is 2.41. The van der Waals surface area contributed by atoms with Crippen molar-refractivity contribution in [1.82, 2.24) is 5.32 Å². The first kappa shape index (κ1) is 19.5. The first-order valence-corrected chi connectivity index (χ1v) is 8.91. The Morgan fingerprint density at radius 3 is 2.38 bits per heavy atom. The van der Waals surface area contributed by atoms with Gasteiger partial charge in [0.05, 0.1) is 6.54 Å². The molecule has 1 atom stereocenters. The molecule has 3 N–H and O–H groups in total. The maximum atomic E-state index is 12.1. The Morgan fingerprint density at radius 2 is 1.73 bits per heavy atom. The van der Waals surface area contributed by atoms with Gasteiger partial charge in [-0.2, -0.15) is 0 Å². The highest BCUT2D eigenvalue weighted by atomic mass is 16.2. The predicted octanol–water partition coefficient (Wildman–Crippen LogP) is 3.88. The summed E-state index contributed by atoms with van der Waals surface area (Å²) in [6, 6.07) is 13.1. The average Bonchev–Trinajstić information content (AvgIpc) is 2.64. The molecule has 2 amide bonds. The molecule has 138 valence electrons. The molecule has 0 aliphatic heterocycles. The van der Waals surface area contributed by atoms with Crippen LogP contribution in [-0.4, -0.2) is 24.4 Å². The lowest BCUT2D eigenvalue weighted by atomic mass is 10.1. The zero-order valence-corrected chi connectivity index (χ0v) is 15.8. The van der Waals surface area contributed by atoms with Gasteiger partial charge in [-0.3, -0.25) is 9.59 Å². The highest BCUT2D eigenvalue weighted by Crippen LogP contribution is 2.18. The van der Waals surface area contributed by atoms with Crippen LogP contribution in [0.1, 0.15) is 41.8 Å². The minimum Gasteiger partial charge on any atom is -0.376 e. The summed E-state index contributed by atoms with van der Waals surface area (Å²) in [6.07, 6.45) is 0.890. The summed E-state index contributed by atoms with van der Waals surface area (Å²) >= 11 is 0. The first-order chi connectivity index (χ1) is 12.4. The summed E-state index contributed by atoms with van der Waals surface area (Å²) in [4.78, 5) is 24.2. The molecule has 0 aromatic heterocycles. The molecule has 26 heavy (non-hydrogen) atoms. The Bertz CT molecular complexity index is 769. The Morgan fingerprint density at radius 1 is 1.04 bits per heavy atom. The summed E-state index contributed by atoms with van der Waals surface area (Å²) in [6.45, 7) is 8.17. The van der Waals surface area contributed by atoms with Crippen molar-refractivity contribution in [3.8, 4) is 0 Å². The number of carbonyl (C=O) groups is 2. The van der Waals surface area contributed by atoms with Gasteiger partial charge in [0.15, 0.2) is 0 Å². The molecule has 0 fully saturated rings. The minimum absolute atomic E-state index is 0.0847. The second-order valence-corrected chi connectivity index (χ2v) is 6.51. The van der Waals surface area contributed by atoms with E-state index < -0.39 is 0 Å². The summed E-state index contributed by atoms with van der Waals surface area (Å²) in [5.41, 5.74) is 4.44. The third kappa shape index (κ3) is 5.34. The van der Waals surface area contributed by atoms with Gasteiger partial charge in [-0.1, -0.05) is 19.1 Å². The van der Waals surface area contributed by atoms with Crippen LogP contribution in [0.4, 0.5) is 11.4 Å². The molecular weight excluding hydrogens is 326 g/mol. The van der Waals surface area contributed by atoms with E-state index in [1.807, 2.05) is 45.9 Å². The maximum Gasteiger partial charge on any atom is 0.251 e. The molecule has 0 bridgehead atoms. The van der Waals surface area contributed by atoms with Crippen LogP contribution in [0.5, 0.6) is 0 Å². The van der Waals surface area contributed by atoms with Gasteiger partial charge >= 0.3 is 0 Å². The number of rotatable bonds is 7. The van der Waals surface area contributed by atoms with Crippen molar-refractivity contribution in [2.75, 3.05) is 17.2 Å². The highest BCUT2D eigenvalue weighted by molar-refractivity contribution is 5.95. The van der Waals surface area contributed by atoms with Gasteiger partial charge in [0.25, 0.3) is 5.91 Å². The molecule has 0 heterocycles. The Kier molecular flexibility index (Phi) is 6.78. The average molecular weight is 353 g/mol. The second kappa shape index (κ2) is 9.04. The van der Waals surface area contributed by atoms with E-state index in [1.165, 1.54) is 0 Å². The zero-order chi connectivity index (χ0) is 19.1. The number of amides is 2. The maximum absolute atomic E-state index is 12.1. The molecular formula is C21H27N3O2. The van der Waals surface area contributed by atoms with Crippen LogP contribution in [0.25, 0.3) is 0 Å². The minimum atomic E-state index is -0.114. The second-order valence-electron chi connectivity index (χ2n) is 6.51. The third-order valence-corrected chi connectivity index (χ3v) is 4.47. The molecule has 2 rings (SSSR count). The Hall–Kier alpha value is -2.82. The predicted molar refractivity (Wildman–Crippen MR) is 107 cm³/mol. The van der Waals surface area contributed by atoms with Crippen LogP contribution in [0, 0.1) is 13.8 Å². The number of anilines is 2. The van der Waals surface area contributed by atoms with E-state index in [-0.39, 0.29) is 24.4 Å². The number of hydrogen-bond acceptors (Lipinski definition) is 3. The van der Waals surface area contributed by atoms with Crippen LogP contribution in [0.2, 0.25) is 0 Å². The van der Waals surface area contributed by atoms with E-state index in [0.29, 0.717) is 5.56 Å². The molecule has 0 aliphatic rings. The number of benzene rings is 2. The molecule has 0 radical (unpaired) electrons. The molecule has 2 aromatic carbocycles. The summed E-state index contributed by atoms with van der Waals surface area (Å²) < 4.78 is 0. The van der Waals surface area contributed by atoms with Crippen molar-refractivity contribution in [1.29, 1.82) is 0 Å². The van der Waals surface area contributed by atoms with Gasteiger partial charge in [0.1, 0.15) is 0 Å². The van der Waals surface area contributed by atoms with E-state index in [4.69, 9.17) is 0 Å². The van der Waals surface area contributed by atoms with E-state index in [9.17, 15) is 9.59 Å². The van der Waals surface area contributed by atoms with E-state index in [1.54, 1.807) is 24.3 Å². The highest BCUT2D eigenvalue weighted by Gasteiger charge is 2.09. The molecule has 5 nitrogen and oxygen atoms in total.